The van der Waals surface area contributed by atoms with E-state index in [1.165, 1.54) is 0 Å². The van der Waals surface area contributed by atoms with Crippen molar-refractivity contribution in [3.05, 3.63) is 53.7 Å². The van der Waals surface area contributed by atoms with Gasteiger partial charge in [-0.05, 0) is 57.2 Å². The minimum atomic E-state index is -0.0863. The van der Waals surface area contributed by atoms with Crippen LogP contribution in [-0.4, -0.2) is 56.6 Å². The first-order valence-corrected chi connectivity index (χ1v) is 8.85. The van der Waals surface area contributed by atoms with Gasteiger partial charge in [-0.15, -0.1) is 0 Å². The van der Waals surface area contributed by atoms with E-state index in [1.807, 2.05) is 38.4 Å². The molecule has 0 fully saturated rings. The van der Waals surface area contributed by atoms with Crippen LogP contribution in [0.5, 0.6) is 5.75 Å². The maximum atomic E-state index is 12.1. The largest absolute Gasteiger partial charge is 0.496 e. The number of anilines is 1. The lowest BCUT2D eigenvalue weighted by molar-refractivity contribution is 0.0952. The van der Waals surface area contributed by atoms with Crippen molar-refractivity contribution in [2.75, 3.05) is 46.2 Å². The summed E-state index contributed by atoms with van der Waals surface area (Å²) in [7, 11) is 5.72. The maximum Gasteiger partial charge on any atom is 0.252 e. The standard InChI is InChI=1S/C20H28N4O2/c1-24(2)14-6-12-22-20(25)17-9-10-19(23-15-17)21-13-11-16-7-4-5-8-18(16)26-3/h4-5,7-10,15H,6,11-14H2,1-3H3,(H,21,23)(H,22,25). The van der Waals surface area contributed by atoms with Gasteiger partial charge in [-0.2, -0.15) is 0 Å². The Hall–Kier alpha value is -2.60. The third kappa shape index (κ3) is 6.37. The fraction of sp³-hybridized carbons (Fsp3) is 0.400. The Morgan fingerprint density at radius 3 is 2.65 bits per heavy atom. The molecule has 0 aliphatic carbocycles. The Kier molecular flexibility index (Phi) is 7.89. The van der Waals surface area contributed by atoms with Gasteiger partial charge in [-0.3, -0.25) is 4.79 Å². The van der Waals surface area contributed by atoms with Crippen LogP contribution in [0.2, 0.25) is 0 Å². The Labute approximate surface area is 155 Å². The molecule has 0 bridgehead atoms. The van der Waals surface area contributed by atoms with Crippen molar-refractivity contribution in [3.8, 4) is 5.75 Å². The lowest BCUT2D eigenvalue weighted by Gasteiger charge is -2.11. The van der Waals surface area contributed by atoms with Gasteiger partial charge in [0.15, 0.2) is 0 Å². The molecule has 0 aliphatic rings. The number of benzene rings is 1. The number of hydrogen-bond acceptors (Lipinski definition) is 5. The van der Waals surface area contributed by atoms with Crippen molar-refractivity contribution in [2.24, 2.45) is 0 Å². The van der Waals surface area contributed by atoms with Crippen LogP contribution in [0.25, 0.3) is 0 Å². The average molecular weight is 356 g/mol. The van der Waals surface area contributed by atoms with E-state index in [-0.39, 0.29) is 5.91 Å². The van der Waals surface area contributed by atoms with Gasteiger partial charge < -0.3 is 20.3 Å². The smallest absolute Gasteiger partial charge is 0.252 e. The van der Waals surface area contributed by atoms with E-state index in [1.54, 1.807) is 19.4 Å². The van der Waals surface area contributed by atoms with Crippen molar-refractivity contribution in [1.82, 2.24) is 15.2 Å². The number of nitrogens with zero attached hydrogens (tertiary/aromatic N) is 2. The molecule has 1 heterocycles. The highest BCUT2D eigenvalue weighted by Gasteiger charge is 2.06. The Morgan fingerprint density at radius 2 is 1.96 bits per heavy atom. The lowest BCUT2D eigenvalue weighted by atomic mass is 10.1. The Balaban J connectivity index is 1.77. The van der Waals surface area contributed by atoms with Crippen LogP contribution >= 0.6 is 0 Å². The number of para-hydroxylation sites is 1. The molecule has 26 heavy (non-hydrogen) atoms. The highest BCUT2D eigenvalue weighted by atomic mass is 16.5. The molecule has 2 rings (SSSR count). The zero-order chi connectivity index (χ0) is 18.8. The van der Waals surface area contributed by atoms with Gasteiger partial charge >= 0.3 is 0 Å². The van der Waals surface area contributed by atoms with E-state index in [0.29, 0.717) is 12.1 Å². The predicted octanol–water partition coefficient (Wildman–Crippen LogP) is 2.43. The number of nitrogens with one attached hydrogen (secondary N) is 2. The quantitative estimate of drug-likeness (QED) is 0.640. The maximum absolute atomic E-state index is 12.1. The van der Waals surface area contributed by atoms with E-state index < -0.39 is 0 Å². The van der Waals surface area contributed by atoms with Gasteiger partial charge in [-0.1, -0.05) is 18.2 Å². The molecule has 0 aliphatic heterocycles. The Bertz CT molecular complexity index is 686. The number of aromatic nitrogens is 1. The summed E-state index contributed by atoms with van der Waals surface area (Å²) in [6.45, 7) is 2.35. The number of hydrogen-bond donors (Lipinski definition) is 2. The SMILES string of the molecule is COc1ccccc1CCNc1ccc(C(=O)NCCCN(C)C)cn1. The molecular weight excluding hydrogens is 328 g/mol. The zero-order valence-electron chi connectivity index (χ0n) is 15.8. The molecule has 0 atom stereocenters. The second-order valence-electron chi connectivity index (χ2n) is 6.33. The number of carbonyl (C=O) groups is 1. The zero-order valence-corrected chi connectivity index (χ0v) is 15.8. The molecule has 6 heteroatoms. The minimum Gasteiger partial charge on any atom is -0.496 e. The summed E-state index contributed by atoms with van der Waals surface area (Å²) in [6, 6.07) is 11.6. The third-order valence-corrected chi connectivity index (χ3v) is 3.99. The van der Waals surface area contributed by atoms with E-state index in [2.05, 4.69) is 26.6 Å². The molecule has 140 valence electrons. The summed E-state index contributed by atoms with van der Waals surface area (Å²) in [5, 5.41) is 6.18. The monoisotopic (exact) mass is 356 g/mol. The molecule has 0 saturated carbocycles. The number of ether oxygens (including phenoxy) is 1. The molecule has 2 aromatic rings. The lowest BCUT2D eigenvalue weighted by Crippen LogP contribution is -2.27. The molecule has 0 saturated heterocycles. The number of pyridine rings is 1. The molecule has 0 radical (unpaired) electrons. The second kappa shape index (κ2) is 10.4. The number of methoxy groups -OCH3 is 1. The summed E-state index contributed by atoms with van der Waals surface area (Å²) < 4.78 is 5.35. The molecule has 1 aromatic heterocycles. The highest BCUT2D eigenvalue weighted by Crippen LogP contribution is 2.17. The van der Waals surface area contributed by atoms with Crippen molar-refractivity contribution < 1.29 is 9.53 Å². The van der Waals surface area contributed by atoms with E-state index >= 15 is 0 Å². The predicted molar refractivity (Wildman–Crippen MR) is 105 cm³/mol. The molecule has 1 amide bonds. The van der Waals surface area contributed by atoms with Gasteiger partial charge in [-0.25, -0.2) is 4.98 Å². The summed E-state index contributed by atoms with van der Waals surface area (Å²) in [5.74, 6) is 1.56. The number of carbonyl (C=O) groups excluding carboxylic acids is 1. The molecule has 0 unspecified atom stereocenters. The van der Waals surface area contributed by atoms with Gasteiger partial charge in [0.1, 0.15) is 11.6 Å². The van der Waals surface area contributed by atoms with Crippen LogP contribution in [0.15, 0.2) is 42.6 Å². The summed E-state index contributed by atoms with van der Waals surface area (Å²) >= 11 is 0. The van der Waals surface area contributed by atoms with Crippen LogP contribution < -0.4 is 15.4 Å². The van der Waals surface area contributed by atoms with Crippen LogP contribution in [0.4, 0.5) is 5.82 Å². The molecule has 0 spiro atoms. The van der Waals surface area contributed by atoms with Crippen LogP contribution in [0.3, 0.4) is 0 Å². The van der Waals surface area contributed by atoms with Gasteiger partial charge in [0.05, 0.1) is 12.7 Å². The molecular formula is C20H28N4O2. The van der Waals surface area contributed by atoms with E-state index in [9.17, 15) is 4.79 Å². The summed E-state index contributed by atoms with van der Waals surface area (Å²) in [6.07, 6.45) is 3.36. The first-order valence-electron chi connectivity index (χ1n) is 8.85. The van der Waals surface area contributed by atoms with Gasteiger partial charge in [0.2, 0.25) is 0 Å². The van der Waals surface area contributed by atoms with Crippen molar-refractivity contribution in [3.63, 3.8) is 0 Å². The molecule has 1 aromatic carbocycles. The summed E-state index contributed by atoms with van der Waals surface area (Å²) in [5.41, 5.74) is 1.72. The van der Waals surface area contributed by atoms with Gasteiger partial charge in [0.25, 0.3) is 5.91 Å². The van der Waals surface area contributed by atoms with Crippen molar-refractivity contribution in [1.29, 1.82) is 0 Å². The minimum absolute atomic E-state index is 0.0863. The normalized spacial score (nSPS) is 10.6. The fourth-order valence-electron chi connectivity index (χ4n) is 2.57. The van der Waals surface area contributed by atoms with Crippen LogP contribution in [0.1, 0.15) is 22.3 Å². The topological polar surface area (TPSA) is 66.5 Å². The van der Waals surface area contributed by atoms with Crippen LogP contribution in [-0.2, 0) is 6.42 Å². The highest BCUT2D eigenvalue weighted by molar-refractivity contribution is 5.94. The van der Waals surface area contributed by atoms with Crippen molar-refractivity contribution in [2.45, 2.75) is 12.8 Å². The average Bonchev–Trinajstić information content (AvgIpc) is 2.66. The molecule has 6 nitrogen and oxygen atoms in total. The first-order chi connectivity index (χ1) is 12.6. The first kappa shape index (κ1) is 19.7. The van der Waals surface area contributed by atoms with Gasteiger partial charge in [0, 0.05) is 19.3 Å². The van der Waals surface area contributed by atoms with E-state index in [0.717, 1.165) is 43.1 Å². The number of rotatable bonds is 10. The van der Waals surface area contributed by atoms with E-state index in [4.69, 9.17) is 4.74 Å². The third-order valence-electron chi connectivity index (χ3n) is 3.99. The van der Waals surface area contributed by atoms with Crippen molar-refractivity contribution >= 4 is 11.7 Å². The number of amides is 1. The molecule has 2 N–H and O–H groups in total. The second-order valence-corrected chi connectivity index (χ2v) is 6.33. The Morgan fingerprint density at radius 1 is 1.15 bits per heavy atom. The fourth-order valence-corrected chi connectivity index (χ4v) is 2.57. The summed E-state index contributed by atoms with van der Waals surface area (Å²) in [4.78, 5) is 18.5. The van der Waals surface area contributed by atoms with Crippen LogP contribution in [0, 0.1) is 0 Å².